The highest BCUT2D eigenvalue weighted by molar-refractivity contribution is 6.31. The van der Waals surface area contributed by atoms with Crippen molar-refractivity contribution in [3.05, 3.63) is 69.3 Å². The molecule has 1 unspecified atom stereocenters. The molecule has 0 amide bonds. The highest BCUT2D eigenvalue weighted by atomic mass is 35.5. The van der Waals surface area contributed by atoms with E-state index < -0.39 is 0 Å². The van der Waals surface area contributed by atoms with Crippen LogP contribution in [0.2, 0.25) is 10.0 Å². The van der Waals surface area contributed by atoms with Gasteiger partial charge in [0.05, 0.1) is 11.6 Å². The number of rotatable bonds is 3. The third kappa shape index (κ3) is 3.31. The van der Waals surface area contributed by atoms with Gasteiger partial charge in [0.2, 0.25) is 0 Å². The minimum Gasteiger partial charge on any atom is -0.318 e. The first-order valence-corrected chi connectivity index (χ1v) is 10.2. The SMILES string of the molecule is CCC1c2c(c3cc(Cl)ccc3n2C=C(C)c2ccc(Cl)cc2)CCN1C. The summed E-state index contributed by atoms with van der Waals surface area (Å²) in [5.74, 6) is 0. The van der Waals surface area contributed by atoms with Gasteiger partial charge >= 0.3 is 0 Å². The molecular weight excluding hydrogens is 375 g/mol. The Morgan fingerprint density at radius 3 is 2.52 bits per heavy atom. The number of likely N-dealkylation sites (N-methyl/N-ethyl adjacent to an activating group) is 1. The van der Waals surface area contributed by atoms with E-state index in [2.05, 4.69) is 60.8 Å². The molecule has 0 fully saturated rings. The van der Waals surface area contributed by atoms with E-state index in [-0.39, 0.29) is 0 Å². The Hall–Kier alpha value is -1.74. The number of hydrogen-bond donors (Lipinski definition) is 0. The van der Waals surface area contributed by atoms with Crippen LogP contribution in [-0.4, -0.2) is 23.1 Å². The minimum absolute atomic E-state index is 0.411. The van der Waals surface area contributed by atoms with Gasteiger partial charge < -0.3 is 4.57 Å². The van der Waals surface area contributed by atoms with Gasteiger partial charge in [0.25, 0.3) is 0 Å². The summed E-state index contributed by atoms with van der Waals surface area (Å²) in [5, 5.41) is 2.84. The fourth-order valence-electron chi connectivity index (χ4n) is 4.28. The monoisotopic (exact) mass is 398 g/mol. The van der Waals surface area contributed by atoms with Gasteiger partial charge in [0.1, 0.15) is 0 Å². The van der Waals surface area contributed by atoms with Crippen molar-refractivity contribution in [1.82, 2.24) is 9.47 Å². The van der Waals surface area contributed by atoms with Crippen LogP contribution in [-0.2, 0) is 6.42 Å². The number of hydrogen-bond acceptors (Lipinski definition) is 1. The summed E-state index contributed by atoms with van der Waals surface area (Å²) in [7, 11) is 2.22. The molecule has 4 heteroatoms. The van der Waals surface area contributed by atoms with E-state index in [1.54, 1.807) is 0 Å². The zero-order valence-corrected chi connectivity index (χ0v) is 17.5. The maximum absolute atomic E-state index is 6.34. The van der Waals surface area contributed by atoms with Crippen molar-refractivity contribution >= 4 is 45.9 Å². The van der Waals surface area contributed by atoms with Gasteiger partial charge in [-0.1, -0.05) is 42.3 Å². The second kappa shape index (κ2) is 7.35. The Bertz CT molecular complexity index is 1020. The molecule has 0 bridgehead atoms. The summed E-state index contributed by atoms with van der Waals surface area (Å²) in [4.78, 5) is 2.46. The molecule has 2 nitrogen and oxygen atoms in total. The number of aromatic nitrogens is 1. The van der Waals surface area contributed by atoms with Gasteiger partial charge in [-0.3, -0.25) is 4.90 Å². The van der Waals surface area contributed by atoms with E-state index >= 15 is 0 Å². The Morgan fingerprint density at radius 1 is 1.11 bits per heavy atom. The number of benzene rings is 2. The molecule has 0 radical (unpaired) electrons. The second-order valence-electron chi connectivity index (χ2n) is 7.37. The third-order valence-corrected chi connectivity index (χ3v) is 6.17. The first kappa shape index (κ1) is 18.6. The molecule has 1 aliphatic heterocycles. The van der Waals surface area contributed by atoms with Crippen LogP contribution in [0.3, 0.4) is 0 Å². The highest BCUT2D eigenvalue weighted by Crippen LogP contribution is 2.39. The lowest BCUT2D eigenvalue weighted by atomic mass is 9.96. The summed E-state index contributed by atoms with van der Waals surface area (Å²) in [6.07, 6.45) is 4.40. The largest absolute Gasteiger partial charge is 0.318 e. The molecule has 2 aromatic carbocycles. The molecule has 3 aromatic rings. The fraction of sp³-hybridized carbons (Fsp3) is 0.304. The standard InChI is InChI=1S/C23H24Cl2N2/c1-4-21-23-19(11-12-26(21)3)20-13-18(25)9-10-22(20)27(23)14-15(2)16-5-7-17(24)8-6-16/h5-10,13-14,21H,4,11-12H2,1-3H3. The van der Waals surface area contributed by atoms with Gasteiger partial charge in [-0.15, -0.1) is 0 Å². The normalized spacial score (nSPS) is 18.1. The Morgan fingerprint density at radius 2 is 1.81 bits per heavy atom. The van der Waals surface area contributed by atoms with Crippen molar-refractivity contribution < 1.29 is 0 Å². The predicted molar refractivity (Wildman–Crippen MR) is 118 cm³/mol. The second-order valence-corrected chi connectivity index (χ2v) is 8.24. The van der Waals surface area contributed by atoms with Crippen LogP contribution in [0.4, 0.5) is 0 Å². The van der Waals surface area contributed by atoms with Crippen molar-refractivity contribution in [2.45, 2.75) is 32.7 Å². The molecule has 140 valence electrons. The van der Waals surface area contributed by atoms with Crippen LogP contribution in [0.1, 0.15) is 43.1 Å². The molecule has 0 saturated carbocycles. The van der Waals surface area contributed by atoms with Crippen LogP contribution in [0.25, 0.3) is 22.7 Å². The van der Waals surface area contributed by atoms with E-state index in [1.165, 1.54) is 33.3 Å². The smallest absolute Gasteiger partial charge is 0.0530 e. The van der Waals surface area contributed by atoms with E-state index in [9.17, 15) is 0 Å². The lowest BCUT2D eigenvalue weighted by Crippen LogP contribution is -2.32. The lowest BCUT2D eigenvalue weighted by Gasteiger charge is -2.33. The van der Waals surface area contributed by atoms with E-state index in [4.69, 9.17) is 23.2 Å². The lowest BCUT2D eigenvalue weighted by molar-refractivity contribution is 0.220. The molecule has 1 aromatic heterocycles. The molecule has 2 heterocycles. The molecule has 0 saturated heterocycles. The number of allylic oxidation sites excluding steroid dienone is 1. The van der Waals surface area contributed by atoms with E-state index in [0.717, 1.165) is 29.4 Å². The fourth-order valence-corrected chi connectivity index (χ4v) is 4.57. The van der Waals surface area contributed by atoms with Gasteiger partial charge in [0, 0.05) is 33.9 Å². The zero-order chi connectivity index (χ0) is 19.1. The summed E-state index contributed by atoms with van der Waals surface area (Å²) < 4.78 is 2.38. The number of nitrogens with zero attached hydrogens (tertiary/aromatic N) is 2. The van der Waals surface area contributed by atoms with Crippen LogP contribution in [0, 0.1) is 0 Å². The Labute approximate surface area is 171 Å². The average Bonchev–Trinajstić information content (AvgIpc) is 2.95. The molecule has 1 atom stereocenters. The van der Waals surface area contributed by atoms with Crippen molar-refractivity contribution in [3.63, 3.8) is 0 Å². The molecule has 1 aliphatic rings. The Balaban J connectivity index is 1.95. The molecular formula is C23H24Cl2N2. The topological polar surface area (TPSA) is 8.17 Å². The first-order chi connectivity index (χ1) is 13.0. The van der Waals surface area contributed by atoms with Crippen LogP contribution >= 0.6 is 23.2 Å². The average molecular weight is 399 g/mol. The number of fused-ring (bicyclic) bond motifs is 3. The van der Waals surface area contributed by atoms with Crippen molar-refractivity contribution in [3.8, 4) is 0 Å². The van der Waals surface area contributed by atoms with Crippen LogP contribution in [0.5, 0.6) is 0 Å². The molecule has 0 aliphatic carbocycles. The van der Waals surface area contributed by atoms with Crippen LogP contribution < -0.4 is 0 Å². The summed E-state index contributed by atoms with van der Waals surface area (Å²) in [6, 6.07) is 14.7. The summed E-state index contributed by atoms with van der Waals surface area (Å²) in [5.41, 5.74) is 6.46. The number of halogens is 2. The van der Waals surface area contributed by atoms with Gasteiger partial charge in [0.15, 0.2) is 0 Å². The first-order valence-electron chi connectivity index (χ1n) is 9.46. The quantitative estimate of drug-likeness (QED) is 0.465. The van der Waals surface area contributed by atoms with Crippen LogP contribution in [0.15, 0.2) is 42.5 Å². The zero-order valence-electron chi connectivity index (χ0n) is 16.0. The van der Waals surface area contributed by atoms with Gasteiger partial charge in [-0.2, -0.15) is 0 Å². The third-order valence-electron chi connectivity index (χ3n) is 5.68. The maximum atomic E-state index is 6.34. The van der Waals surface area contributed by atoms with E-state index in [0.29, 0.717) is 6.04 Å². The molecule has 4 rings (SSSR count). The van der Waals surface area contributed by atoms with Crippen molar-refractivity contribution in [2.75, 3.05) is 13.6 Å². The summed E-state index contributed by atoms with van der Waals surface area (Å²) in [6.45, 7) is 5.50. The summed E-state index contributed by atoms with van der Waals surface area (Å²) >= 11 is 12.4. The van der Waals surface area contributed by atoms with Crippen molar-refractivity contribution in [1.29, 1.82) is 0 Å². The van der Waals surface area contributed by atoms with Gasteiger partial charge in [-0.05, 0) is 73.8 Å². The highest BCUT2D eigenvalue weighted by Gasteiger charge is 2.29. The van der Waals surface area contributed by atoms with Gasteiger partial charge in [-0.25, -0.2) is 0 Å². The van der Waals surface area contributed by atoms with E-state index in [1.807, 2.05) is 18.2 Å². The maximum Gasteiger partial charge on any atom is 0.0530 e. The minimum atomic E-state index is 0.411. The molecule has 0 spiro atoms. The molecule has 27 heavy (non-hydrogen) atoms. The Kier molecular flexibility index (Phi) is 5.07. The van der Waals surface area contributed by atoms with Crippen molar-refractivity contribution in [2.24, 2.45) is 0 Å². The molecule has 0 N–H and O–H groups in total. The predicted octanol–water partition coefficient (Wildman–Crippen LogP) is 6.91.